The number of methoxy groups -OCH3 is 3. The van der Waals surface area contributed by atoms with Crippen LogP contribution >= 0.6 is 39.1 Å². The SMILES string of the molecule is COc1ccc(OC)c(N(CC(=O)NN=Cc2cc(Br)c(OCc3ccc(Cl)cc3Cl)c(OC)c2)S(=O)(=O)c2ccccc2)c1. The Morgan fingerprint density at radius 2 is 1.67 bits per heavy atom. The molecule has 45 heavy (non-hydrogen) atoms. The van der Waals surface area contributed by atoms with Gasteiger partial charge in [-0.05, 0) is 70.0 Å². The van der Waals surface area contributed by atoms with Crippen molar-refractivity contribution < 1.29 is 32.2 Å². The Morgan fingerprint density at radius 1 is 0.933 bits per heavy atom. The number of rotatable bonds is 13. The number of hydrogen-bond acceptors (Lipinski definition) is 8. The molecule has 4 aromatic carbocycles. The minimum Gasteiger partial charge on any atom is -0.497 e. The first-order valence-corrected chi connectivity index (χ1v) is 16.1. The maximum atomic E-state index is 13.7. The number of hydrazone groups is 1. The molecule has 0 aliphatic rings. The molecule has 0 saturated carbocycles. The van der Waals surface area contributed by atoms with Crippen LogP contribution in [-0.2, 0) is 21.4 Å². The highest BCUT2D eigenvalue weighted by atomic mass is 79.9. The van der Waals surface area contributed by atoms with Crippen LogP contribution in [0.2, 0.25) is 10.0 Å². The zero-order valence-corrected chi connectivity index (χ0v) is 28.2. The van der Waals surface area contributed by atoms with Crippen LogP contribution in [-0.4, -0.2) is 48.4 Å². The fraction of sp³-hybridized carbons (Fsp3) is 0.161. The number of sulfonamides is 1. The lowest BCUT2D eigenvalue weighted by Gasteiger charge is -2.25. The summed E-state index contributed by atoms with van der Waals surface area (Å²) in [6.45, 7) is -0.444. The fourth-order valence-corrected chi connectivity index (χ4v) is 6.58. The number of halogens is 3. The normalized spacial score (nSPS) is 11.2. The summed E-state index contributed by atoms with van der Waals surface area (Å²) in [5.41, 5.74) is 3.79. The van der Waals surface area contributed by atoms with E-state index in [9.17, 15) is 13.2 Å². The summed E-state index contributed by atoms with van der Waals surface area (Å²) < 4.78 is 51.1. The lowest BCUT2D eigenvalue weighted by atomic mass is 10.2. The summed E-state index contributed by atoms with van der Waals surface area (Å²) >= 11 is 15.7. The number of nitrogens with one attached hydrogen (secondary N) is 1. The van der Waals surface area contributed by atoms with Gasteiger partial charge in [0, 0.05) is 21.7 Å². The molecular weight excluding hydrogens is 709 g/mol. The monoisotopic (exact) mass is 735 g/mol. The van der Waals surface area contributed by atoms with Crippen molar-refractivity contribution in [2.24, 2.45) is 5.10 Å². The zero-order valence-electron chi connectivity index (χ0n) is 24.3. The summed E-state index contributed by atoms with van der Waals surface area (Å²) in [6, 6.07) is 20.9. The molecular formula is C31H28BrCl2N3O7S. The molecule has 0 unspecified atom stereocenters. The van der Waals surface area contributed by atoms with Gasteiger partial charge in [-0.25, -0.2) is 13.8 Å². The van der Waals surface area contributed by atoms with Crippen LogP contribution in [0.1, 0.15) is 11.1 Å². The molecule has 1 amide bonds. The molecule has 14 heteroatoms. The van der Waals surface area contributed by atoms with Gasteiger partial charge in [-0.3, -0.25) is 9.10 Å². The van der Waals surface area contributed by atoms with Gasteiger partial charge in [0.05, 0.1) is 42.6 Å². The summed E-state index contributed by atoms with van der Waals surface area (Å²) in [6.07, 6.45) is 1.38. The van der Waals surface area contributed by atoms with Gasteiger partial charge in [0.25, 0.3) is 15.9 Å². The number of hydrogen-bond donors (Lipinski definition) is 1. The van der Waals surface area contributed by atoms with Crippen LogP contribution in [0.25, 0.3) is 0 Å². The van der Waals surface area contributed by atoms with Gasteiger partial charge in [-0.15, -0.1) is 0 Å². The third-order valence-electron chi connectivity index (χ3n) is 6.31. The van der Waals surface area contributed by atoms with Crippen molar-refractivity contribution in [1.82, 2.24) is 5.43 Å². The Morgan fingerprint density at radius 3 is 2.33 bits per heavy atom. The molecule has 0 aliphatic carbocycles. The van der Waals surface area contributed by atoms with E-state index in [4.69, 9.17) is 42.1 Å². The van der Waals surface area contributed by atoms with E-state index in [2.05, 4.69) is 26.5 Å². The van der Waals surface area contributed by atoms with Crippen molar-refractivity contribution in [1.29, 1.82) is 0 Å². The highest BCUT2D eigenvalue weighted by Gasteiger charge is 2.30. The summed E-state index contributed by atoms with van der Waals surface area (Å²) in [7, 11) is 0.137. The minimum absolute atomic E-state index is 0.0104. The van der Waals surface area contributed by atoms with Gasteiger partial charge < -0.3 is 18.9 Å². The molecule has 0 aliphatic heterocycles. The van der Waals surface area contributed by atoms with Gasteiger partial charge in [0.15, 0.2) is 11.5 Å². The molecule has 0 fully saturated rings. The van der Waals surface area contributed by atoms with E-state index in [-0.39, 0.29) is 22.9 Å². The minimum atomic E-state index is -4.20. The van der Waals surface area contributed by atoms with Crippen LogP contribution in [0.5, 0.6) is 23.0 Å². The van der Waals surface area contributed by atoms with E-state index in [0.29, 0.717) is 37.3 Å². The maximum absolute atomic E-state index is 13.7. The second-order valence-corrected chi connectivity index (χ2v) is 12.8. The molecule has 236 valence electrons. The molecule has 4 aromatic rings. The van der Waals surface area contributed by atoms with E-state index in [1.165, 1.54) is 45.7 Å². The van der Waals surface area contributed by atoms with E-state index in [1.54, 1.807) is 60.7 Å². The molecule has 0 spiro atoms. The van der Waals surface area contributed by atoms with Crippen molar-refractivity contribution in [3.8, 4) is 23.0 Å². The summed E-state index contributed by atoms with van der Waals surface area (Å²) in [5.74, 6) is 0.720. The van der Waals surface area contributed by atoms with Crippen molar-refractivity contribution >= 4 is 67.0 Å². The van der Waals surface area contributed by atoms with Crippen molar-refractivity contribution in [3.63, 3.8) is 0 Å². The Balaban J connectivity index is 1.54. The Bertz CT molecular complexity index is 1810. The quantitative estimate of drug-likeness (QED) is 0.120. The van der Waals surface area contributed by atoms with Gasteiger partial charge in [-0.2, -0.15) is 5.10 Å². The smallest absolute Gasteiger partial charge is 0.264 e. The average molecular weight is 737 g/mol. The van der Waals surface area contributed by atoms with Gasteiger partial charge in [0.1, 0.15) is 24.7 Å². The first kappa shape index (κ1) is 33.9. The maximum Gasteiger partial charge on any atom is 0.264 e. The largest absolute Gasteiger partial charge is 0.497 e. The fourth-order valence-electron chi connectivity index (χ4n) is 4.10. The number of amides is 1. The lowest BCUT2D eigenvalue weighted by Crippen LogP contribution is -2.39. The molecule has 0 atom stereocenters. The van der Waals surface area contributed by atoms with Crippen molar-refractivity contribution in [2.75, 3.05) is 32.2 Å². The van der Waals surface area contributed by atoms with Crippen LogP contribution in [0.4, 0.5) is 5.69 Å². The standard InChI is InChI=1S/C31H28BrCl2N3O7S/c1-41-23-11-12-28(42-2)27(16-23)37(45(39,40)24-7-5-4-6-8-24)18-30(38)36-35-17-20-13-25(32)31(29(14-20)43-3)44-19-21-9-10-22(33)15-26(21)34/h4-17H,18-19H2,1-3H3,(H,36,38). The average Bonchev–Trinajstić information content (AvgIpc) is 3.03. The van der Waals surface area contributed by atoms with E-state index >= 15 is 0 Å². The van der Waals surface area contributed by atoms with Gasteiger partial charge in [0.2, 0.25) is 0 Å². The molecule has 10 nitrogen and oxygen atoms in total. The molecule has 0 heterocycles. The van der Waals surface area contributed by atoms with Gasteiger partial charge >= 0.3 is 0 Å². The molecule has 0 bridgehead atoms. The predicted molar refractivity (Wildman–Crippen MR) is 178 cm³/mol. The lowest BCUT2D eigenvalue weighted by molar-refractivity contribution is -0.119. The number of ether oxygens (including phenoxy) is 4. The molecule has 1 N–H and O–H groups in total. The van der Waals surface area contributed by atoms with Crippen LogP contribution in [0.3, 0.4) is 0 Å². The first-order valence-electron chi connectivity index (χ1n) is 13.1. The second-order valence-electron chi connectivity index (χ2n) is 9.21. The van der Waals surface area contributed by atoms with E-state index < -0.39 is 22.5 Å². The van der Waals surface area contributed by atoms with Crippen LogP contribution in [0, 0.1) is 0 Å². The Kier molecular flexibility index (Phi) is 11.6. The highest BCUT2D eigenvalue weighted by molar-refractivity contribution is 9.10. The topological polar surface area (TPSA) is 116 Å². The zero-order chi connectivity index (χ0) is 32.6. The number of anilines is 1. The number of carbonyl (C=O) groups excluding carboxylic acids is 1. The molecule has 4 rings (SSSR count). The van der Waals surface area contributed by atoms with E-state index in [1.807, 2.05) is 0 Å². The highest BCUT2D eigenvalue weighted by Crippen LogP contribution is 2.38. The Hall–Kier alpha value is -3.97. The van der Waals surface area contributed by atoms with Gasteiger partial charge in [-0.1, -0.05) is 47.5 Å². The molecule has 0 saturated heterocycles. The third kappa shape index (κ3) is 8.40. The summed E-state index contributed by atoms with van der Waals surface area (Å²) in [5, 5.41) is 5.02. The molecule has 0 radical (unpaired) electrons. The van der Waals surface area contributed by atoms with Crippen molar-refractivity contribution in [3.05, 3.63) is 105 Å². The number of carbonyl (C=O) groups is 1. The van der Waals surface area contributed by atoms with Crippen molar-refractivity contribution in [2.45, 2.75) is 11.5 Å². The summed E-state index contributed by atoms with van der Waals surface area (Å²) in [4.78, 5) is 13.1. The van der Waals surface area contributed by atoms with Crippen LogP contribution in [0.15, 0.2) is 93.3 Å². The van der Waals surface area contributed by atoms with E-state index in [0.717, 1.165) is 9.87 Å². The predicted octanol–water partition coefficient (Wildman–Crippen LogP) is 6.71. The molecule has 0 aromatic heterocycles. The first-order chi connectivity index (χ1) is 21.6. The number of nitrogens with zero attached hydrogens (tertiary/aromatic N) is 2. The second kappa shape index (κ2) is 15.3. The number of benzene rings is 4. The Labute approximate surface area is 279 Å². The van der Waals surface area contributed by atoms with Crippen LogP contribution < -0.4 is 28.7 Å². The third-order valence-corrected chi connectivity index (χ3v) is 9.26.